The number of nitriles is 1. The van der Waals surface area contributed by atoms with Gasteiger partial charge in [0.1, 0.15) is 0 Å². The molecule has 15 heavy (non-hydrogen) atoms. The van der Waals surface area contributed by atoms with Gasteiger partial charge < -0.3 is 0 Å². The molecule has 5 nitrogen and oxygen atoms in total. The standard InChI is InChI=1S/C9H15N5S/c1-7(3-10)5-14(2)6-8-4-12-9(13-11)15-8/h4,7H,5-6,11H2,1-2H3,(H,12,13). The molecule has 0 fully saturated rings. The predicted molar refractivity (Wildman–Crippen MR) is 61.0 cm³/mol. The molecule has 0 spiro atoms. The first-order valence-corrected chi connectivity index (χ1v) is 5.47. The predicted octanol–water partition coefficient (Wildman–Crippen LogP) is 1.02. The molecule has 6 heteroatoms. The van der Waals surface area contributed by atoms with E-state index in [-0.39, 0.29) is 5.92 Å². The Morgan fingerprint density at radius 1 is 1.80 bits per heavy atom. The summed E-state index contributed by atoms with van der Waals surface area (Å²) in [6, 6.07) is 2.21. The van der Waals surface area contributed by atoms with Gasteiger partial charge in [-0.3, -0.25) is 10.3 Å². The highest BCUT2D eigenvalue weighted by Gasteiger charge is 2.07. The summed E-state index contributed by atoms with van der Waals surface area (Å²) in [6.07, 6.45) is 1.80. The molecule has 1 rings (SSSR count). The first kappa shape index (κ1) is 11.9. The van der Waals surface area contributed by atoms with Crippen LogP contribution in [0.25, 0.3) is 0 Å². The van der Waals surface area contributed by atoms with Gasteiger partial charge in [-0.15, -0.1) is 0 Å². The molecule has 0 saturated carbocycles. The Morgan fingerprint density at radius 2 is 2.53 bits per heavy atom. The van der Waals surface area contributed by atoms with Crippen molar-refractivity contribution < 1.29 is 0 Å². The second kappa shape index (κ2) is 5.66. The highest BCUT2D eigenvalue weighted by Crippen LogP contribution is 2.18. The van der Waals surface area contributed by atoms with Crippen LogP contribution in [0.2, 0.25) is 0 Å². The quantitative estimate of drug-likeness (QED) is 0.578. The van der Waals surface area contributed by atoms with Crippen LogP contribution < -0.4 is 11.3 Å². The molecular weight excluding hydrogens is 210 g/mol. The third kappa shape index (κ3) is 3.83. The minimum atomic E-state index is 0.0509. The van der Waals surface area contributed by atoms with E-state index in [1.165, 1.54) is 11.3 Å². The molecule has 0 aliphatic heterocycles. The Morgan fingerprint density at radius 3 is 3.07 bits per heavy atom. The van der Waals surface area contributed by atoms with E-state index in [2.05, 4.69) is 21.4 Å². The van der Waals surface area contributed by atoms with Gasteiger partial charge in [-0.25, -0.2) is 10.8 Å². The molecule has 0 aliphatic carbocycles. The molecule has 1 atom stereocenters. The first-order valence-electron chi connectivity index (χ1n) is 4.65. The average Bonchev–Trinajstić information content (AvgIpc) is 2.65. The zero-order valence-electron chi connectivity index (χ0n) is 8.90. The van der Waals surface area contributed by atoms with Crippen molar-refractivity contribution in [2.75, 3.05) is 19.0 Å². The van der Waals surface area contributed by atoms with Crippen LogP contribution in [0.15, 0.2) is 6.20 Å². The van der Waals surface area contributed by atoms with Crippen molar-refractivity contribution in [2.24, 2.45) is 11.8 Å². The van der Waals surface area contributed by atoms with Crippen LogP contribution in [-0.4, -0.2) is 23.5 Å². The van der Waals surface area contributed by atoms with Gasteiger partial charge in [-0.1, -0.05) is 11.3 Å². The normalized spacial score (nSPS) is 12.5. The lowest BCUT2D eigenvalue weighted by Gasteiger charge is -2.16. The second-order valence-electron chi connectivity index (χ2n) is 3.50. The lowest BCUT2D eigenvalue weighted by Crippen LogP contribution is -2.22. The summed E-state index contributed by atoms with van der Waals surface area (Å²) in [4.78, 5) is 7.31. The minimum Gasteiger partial charge on any atom is -0.300 e. The van der Waals surface area contributed by atoms with Crippen molar-refractivity contribution in [3.05, 3.63) is 11.1 Å². The molecule has 1 heterocycles. The van der Waals surface area contributed by atoms with E-state index in [1.807, 2.05) is 14.0 Å². The van der Waals surface area contributed by atoms with E-state index >= 15 is 0 Å². The maximum atomic E-state index is 8.68. The molecule has 82 valence electrons. The fourth-order valence-corrected chi connectivity index (χ4v) is 2.09. The molecule has 3 N–H and O–H groups in total. The number of thiazole rings is 1. The number of hydrogen-bond acceptors (Lipinski definition) is 6. The van der Waals surface area contributed by atoms with Gasteiger partial charge in [0, 0.05) is 24.2 Å². The highest BCUT2D eigenvalue weighted by atomic mass is 32.1. The number of aromatic nitrogens is 1. The number of rotatable bonds is 5. The van der Waals surface area contributed by atoms with Gasteiger partial charge in [-0.05, 0) is 14.0 Å². The van der Waals surface area contributed by atoms with Gasteiger partial charge in [-0.2, -0.15) is 5.26 Å². The Labute approximate surface area is 93.5 Å². The van der Waals surface area contributed by atoms with Gasteiger partial charge in [0.25, 0.3) is 0 Å². The SMILES string of the molecule is CC(C#N)CN(C)Cc1cnc(NN)s1. The lowest BCUT2D eigenvalue weighted by molar-refractivity contribution is 0.305. The third-order valence-electron chi connectivity index (χ3n) is 1.91. The monoisotopic (exact) mass is 225 g/mol. The Balaban J connectivity index is 2.44. The number of nitrogens with zero attached hydrogens (tertiary/aromatic N) is 3. The zero-order valence-corrected chi connectivity index (χ0v) is 9.71. The largest absolute Gasteiger partial charge is 0.300 e. The molecule has 0 bridgehead atoms. The highest BCUT2D eigenvalue weighted by molar-refractivity contribution is 7.15. The summed E-state index contributed by atoms with van der Waals surface area (Å²) in [6.45, 7) is 3.47. The Hall–Kier alpha value is -1.16. The van der Waals surface area contributed by atoms with Crippen LogP contribution in [0.5, 0.6) is 0 Å². The van der Waals surface area contributed by atoms with Gasteiger partial charge >= 0.3 is 0 Å². The maximum absolute atomic E-state index is 8.68. The molecule has 0 aromatic carbocycles. The number of nitrogen functional groups attached to an aromatic ring is 1. The lowest BCUT2D eigenvalue weighted by atomic mass is 10.2. The third-order valence-corrected chi connectivity index (χ3v) is 2.82. The topological polar surface area (TPSA) is 78.0 Å². The molecule has 1 aromatic heterocycles. The van der Waals surface area contributed by atoms with E-state index in [0.29, 0.717) is 5.13 Å². The van der Waals surface area contributed by atoms with Crippen LogP contribution >= 0.6 is 11.3 Å². The van der Waals surface area contributed by atoms with Crippen LogP contribution in [0.3, 0.4) is 0 Å². The van der Waals surface area contributed by atoms with Crippen molar-refractivity contribution in [3.63, 3.8) is 0 Å². The number of hydrogen-bond donors (Lipinski definition) is 2. The zero-order chi connectivity index (χ0) is 11.3. The number of nitrogens with one attached hydrogen (secondary N) is 1. The van der Waals surface area contributed by atoms with Gasteiger partial charge in [0.15, 0.2) is 5.13 Å². The molecule has 0 aliphatic rings. The Bertz CT molecular complexity index is 343. The van der Waals surface area contributed by atoms with Crippen molar-refractivity contribution in [1.29, 1.82) is 5.26 Å². The van der Waals surface area contributed by atoms with E-state index in [4.69, 9.17) is 11.1 Å². The van der Waals surface area contributed by atoms with E-state index in [0.717, 1.165) is 18.0 Å². The Kier molecular flexibility index (Phi) is 4.49. The summed E-state index contributed by atoms with van der Waals surface area (Å²) in [5.74, 6) is 5.29. The summed E-state index contributed by atoms with van der Waals surface area (Å²) < 4.78 is 0. The molecule has 0 saturated heterocycles. The smallest absolute Gasteiger partial charge is 0.197 e. The molecule has 1 unspecified atom stereocenters. The second-order valence-corrected chi connectivity index (χ2v) is 4.62. The van der Waals surface area contributed by atoms with Gasteiger partial charge in [0.2, 0.25) is 0 Å². The molecule has 0 radical (unpaired) electrons. The van der Waals surface area contributed by atoms with E-state index in [9.17, 15) is 0 Å². The van der Waals surface area contributed by atoms with E-state index in [1.54, 1.807) is 6.20 Å². The summed E-state index contributed by atoms with van der Waals surface area (Å²) in [5.41, 5.74) is 2.51. The van der Waals surface area contributed by atoms with Crippen LogP contribution in [-0.2, 0) is 6.54 Å². The van der Waals surface area contributed by atoms with Crippen molar-refractivity contribution in [3.8, 4) is 6.07 Å². The molecule has 0 amide bonds. The average molecular weight is 225 g/mol. The first-order chi connectivity index (χ1) is 7.15. The van der Waals surface area contributed by atoms with Crippen LogP contribution in [0.4, 0.5) is 5.13 Å². The molecule has 1 aromatic rings. The maximum Gasteiger partial charge on any atom is 0.197 e. The summed E-state index contributed by atoms with van der Waals surface area (Å²) in [5, 5.41) is 9.39. The van der Waals surface area contributed by atoms with Gasteiger partial charge in [0.05, 0.1) is 12.0 Å². The number of anilines is 1. The van der Waals surface area contributed by atoms with Crippen molar-refractivity contribution in [1.82, 2.24) is 9.88 Å². The number of nitrogens with two attached hydrogens (primary N) is 1. The summed E-state index contributed by atoms with van der Waals surface area (Å²) in [7, 11) is 1.99. The molecular formula is C9H15N5S. The van der Waals surface area contributed by atoms with Crippen LogP contribution in [0, 0.1) is 17.2 Å². The fraction of sp³-hybridized carbons (Fsp3) is 0.556. The van der Waals surface area contributed by atoms with Crippen LogP contribution in [0.1, 0.15) is 11.8 Å². The van der Waals surface area contributed by atoms with E-state index < -0.39 is 0 Å². The summed E-state index contributed by atoms with van der Waals surface area (Å²) >= 11 is 1.52. The minimum absolute atomic E-state index is 0.0509. The fourth-order valence-electron chi connectivity index (χ4n) is 1.29. The van der Waals surface area contributed by atoms with Crippen molar-refractivity contribution >= 4 is 16.5 Å². The number of hydrazine groups is 1. The van der Waals surface area contributed by atoms with Crippen molar-refractivity contribution in [2.45, 2.75) is 13.5 Å².